The van der Waals surface area contributed by atoms with Gasteiger partial charge in [0.25, 0.3) is 0 Å². The number of phenolic OH excluding ortho intramolecular Hbond substituents is 1. The molecule has 0 bridgehead atoms. The van der Waals surface area contributed by atoms with E-state index in [1.165, 1.54) is 4.88 Å². The number of hydrogen-bond donors (Lipinski definition) is 2. The first kappa shape index (κ1) is 16.8. The minimum absolute atomic E-state index is 0.0776. The van der Waals surface area contributed by atoms with E-state index < -0.39 is 0 Å². The van der Waals surface area contributed by atoms with Crippen LogP contribution in [-0.4, -0.2) is 35.6 Å². The summed E-state index contributed by atoms with van der Waals surface area (Å²) in [6.07, 6.45) is 1.13. The number of hydrogen-bond acceptors (Lipinski definition) is 5. The number of ether oxygens (including phenoxy) is 1. The first-order valence-corrected chi connectivity index (χ1v) is 8.93. The molecule has 1 aromatic heterocycles. The zero-order valence-corrected chi connectivity index (χ0v) is 14.6. The molecule has 0 radical (unpaired) electrons. The normalized spacial score (nSPS) is 14.0. The molecule has 2 aromatic rings. The molecule has 0 aliphatic carbocycles. The number of rotatable bonds is 4. The van der Waals surface area contributed by atoms with Gasteiger partial charge in [-0.1, -0.05) is 0 Å². The molecule has 0 fully saturated rings. The van der Waals surface area contributed by atoms with Crippen LogP contribution in [-0.2, 0) is 11.3 Å². The van der Waals surface area contributed by atoms with Gasteiger partial charge in [-0.05, 0) is 49.7 Å². The number of aromatic hydroxyl groups is 1. The van der Waals surface area contributed by atoms with Crippen LogP contribution in [0.15, 0.2) is 24.3 Å². The third-order valence-electron chi connectivity index (χ3n) is 4.09. The summed E-state index contributed by atoms with van der Waals surface area (Å²) >= 11 is 1.68. The molecule has 1 aliphatic rings. The van der Waals surface area contributed by atoms with E-state index in [4.69, 9.17) is 10.5 Å². The largest absolute Gasteiger partial charge is 0.504 e. The van der Waals surface area contributed by atoms with Gasteiger partial charge in [-0.3, -0.25) is 4.79 Å². The standard InChI is InChI=1S/C18H22N2O3S/c1-12-4-5-16(24-12)13-9-14-11-20(17(22)3-2-6-19)7-8-23-18(14)15(21)10-13/h4-5,9-10,21H,2-3,6-8,11,19H2,1H3. The Hall–Kier alpha value is -2.05. The molecule has 0 saturated carbocycles. The summed E-state index contributed by atoms with van der Waals surface area (Å²) < 4.78 is 5.70. The predicted octanol–water partition coefficient (Wildman–Crippen LogP) is 2.89. The van der Waals surface area contributed by atoms with Crippen LogP contribution in [0.4, 0.5) is 0 Å². The van der Waals surface area contributed by atoms with Crippen LogP contribution < -0.4 is 10.5 Å². The predicted molar refractivity (Wildman–Crippen MR) is 95.4 cm³/mol. The topological polar surface area (TPSA) is 75.8 Å². The summed E-state index contributed by atoms with van der Waals surface area (Å²) in [7, 11) is 0. The average Bonchev–Trinajstić information content (AvgIpc) is 2.87. The summed E-state index contributed by atoms with van der Waals surface area (Å²) in [6, 6.07) is 7.84. The Morgan fingerprint density at radius 3 is 2.96 bits per heavy atom. The molecule has 6 heteroatoms. The number of carbonyl (C=O) groups excluding carboxylic acids is 1. The lowest BCUT2D eigenvalue weighted by molar-refractivity contribution is -0.132. The number of thiophene rings is 1. The monoisotopic (exact) mass is 346 g/mol. The fraction of sp³-hybridized carbons (Fsp3) is 0.389. The fourth-order valence-electron chi connectivity index (χ4n) is 2.86. The lowest BCUT2D eigenvalue weighted by atomic mass is 10.1. The minimum atomic E-state index is 0.0776. The van der Waals surface area contributed by atoms with Gasteiger partial charge in [-0.15, -0.1) is 11.3 Å². The lowest BCUT2D eigenvalue weighted by Crippen LogP contribution is -2.32. The Kier molecular flexibility index (Phi) is 5.06. The van der Waals surface area contributed by atoms with E-state index in [1.807, 2.05) is 12.1 Å². The lowest BCUT2D eigenvalue weighted by Gasteiger charge is -2.20. The molecule has 3 N–H and O–H groups in total. The van der Waals surface area contributed by atoms with Gasteiger partial charge in [-0.25, -0.2) is 0 Å². The molecule has 1 aliphatic heterocycles. The summed E-state index contributed by atoms with van der Waals surface area (Å²) in [5, 5.41) is 10.4. The fourth-order valence-corrected chi connectivity index (χ4v) is 3.71. The maximum absolute atomic E-state index is 12.3. The zero-order chi connectivity index (χ0) is 17.1. The first-order chi connectivity index (χ1) is 11.6. The number of amides is 1. The molecule has 3 rings (SSSR count). The smallest absolute Gasteiger partial charge is 0.223 e. The first-order valence-electron chi connectivity index (χ1n) is 8.12. The number of aryl methyl sites for hydroxylation is 1. The zero-order valence-electron chi connectivity index (χ0n) is 13.7. The quantitative estimate of drug-likeness (QED) is 0.892. The second-order valence-electron chi connectivity index (χ2n) is 5.95. The number of nitrogens with zero attached hydrogens (tertiary/aromatic N) is 1. The average molecular weight is 346 g/mol. The van der Waals surface area contributed by atoms with Crippen molar-refractivity contribution in [3.05, 3.63) is 34.7 Å². The van der Waals surface area contributed by atoms with Gasteiger partial charge in [0.05, 0.1) is 6.54 Å². The van der Waals surface area contributed by atoms with E-state index in [9.17, 15) is 9.90 Å². The molecule has 1 aromatic carbocycles. The molecular weight excluding hydrogens is 324 g/mol. The summed E-state index contributed by atoms with van der Waals surface area (Å²) in [5.74, 6) is 0.694. The maximum Gasteiger partial charge on any atom is 0.223 e. The summed E-state index contributed by atoms with van der Waals surface area (Å²) in [6.45, 7) is 3.91. The number of nitrogens with two attached hydrogens (primary N) is 1. The Bertz CT molecular complexity index is 742. The van der Waals surface area contributed by atoms with E-state index in [-0.39, 0.29) is 11.7 Å². The third-order valence-corrected chi connectivity index (χ3v) is 5.14. The van der Waals surface area contributed by atoms with Gasteiger partial charge < -0.3 is 20.5 Å². The van der Waals surface area contributed by atoms with Crippen LogP contribution in [0.3, 0.4) is 0 Å². The van der Waals surface area contributed by atoms with Crippen molar-refractivity contribution < 1.29 is 14.6 Å². The summed E-state index contributed by atoms with van der Waals surface area (Å²) in [4.78, 5) is 16.4. The third kappa shape index (κ3) is 3.55. The van der Waals surface area contributed by atoms with Gasteiger partial charge in [0.2, 0.25) is 5.91 Å². The molecule has 0 unspecified atom stereocenters. The van der Waals surface area contributed by atoms with Crippen molar-refractivity contribution in [2.24, 2.45) is 5.73 Å². The second kappa shape index (κ2) is 7.23. The van der Waals surface area contributed by atoms with Crippen LogP contribution in [0.1, 0.15) is 23.3 Å². The molecule has 0 saturated heterocycles. The van der Waals surface area contributed by atoms with Gasteiger partial charge in [-0.2, -0.15) is 0 Å². The maximum atomic E-state index is 12.3. The van der Waals surface area contributed by atoms with Crippen molar-refractivity contribution in [3.8, 4) is 21.9 Å². The number of phenols is 1. The molecule has 5 nitrogen and oxygen atoms in total. The highest BCUT2D eigenvalue weighted by molar-refractivity contribution is 7.15. The SMILES string of the molecule is Cc1ccc(-c2cc(O)c3c(c2)CN(C(=O)CCCN)CCO3)s1. The Labute approximate surface area is 145 Å². The number of benzene rings is 1. The van der Waals surface area contributed by atoms with Gasteiger partial charge in [0.1, 0.15) is 6.61 Å². The molecule has 1 amide bonds. The van der Waals surface area contributed by atoms with E-state index in [1.54, 1.807) is 22.3 Å². The number of carbonyl (C=O) groups is 1. The van der Waals surface area contributed by atoms with Crippen molar-refractivity contribution in [1.29, 1.82) is 0 Å². The number of fused-ring (bicyclic) bond motifs is 1. The van der Waals surface area contributed by atoms with E-state index in [0.29, 0.717) is 44.8 Å². The molecule has 0 atom stereocenters. The van der Waals surface area contributed by atoms with Gasteiger partial charge in [0.15, 0.2) is 11.5 Å². The van der Waals surface area contributed by atoms with Crippen LogP contribution in [0.5, 0.6) is 11.5 Å². The highest BCUT2D eigenvalue weighted by Crippen LogP contribution is 2.39. The minimum Gasteiger partial charge on any atom is -0.504 e. The van der Waals surface area contributed by atoms with Crippen molar-refractivity contribution in [2.45, 2.75) is 26.3 Å². The second-order valence-corrected chi connectivity index (χ2v) is 7.24. The van der Waals surface area contributed by atoms with Gasteiger partial charge in [0, 0.05) is 28.3 Å². The van der Waals surface area contributed by atoms with Crippen LogP contribution >= 0.6 is 11.3 Å². The molecule has 2 heterocycles. The Morgan fingerprint density at radius 1 is 1.42 bits per heavy atom. The highest BCUT2D eigenvalue weighted by atomic mass is 32.1. The van der Waals surface area contributed by atoms with Crippen molar-refractivity contribution in [1.82, 2.24) is 4.90 Å². The molecular formula is C18H22N2O3S. The van der Waals surface area contributed by atoms with Gasteiger partial charge >= 0.3 is 0 Å². The highest BCUT2D eigenvalue weighted by Gasteiger charge is 2.22. The van der Waals surface area contributed by atoms with E-state index in [2.05, 4.69) is 13.0 Å². The summed E-state index contributed by atoms with van der Waals surface area (Å²) in [5.41, 5.74) is 7.28. The Balaban J connectivity index is 1.90. The van der Waals surface area contributed by atoms with Crippen molar-refractivity contribution >= 4 is 17.2 Å². The van der Waals surface area contributed by atoms with Crippen molar-refractivity contribution in [3.63, 3.8) is 0 Å². The molecule has 128 valence electrons. The Morgan fingerprint density at radius 2 is 2.25 bits per heavy atom. The van der Waals surface area contributed by atoms with Crippen LogP contribution in [0, 0.1) is 6.92 Å². The van der Waals surface area contributed by atoms with Crippen LogP contribution in [0.2, 0.25) is 0 Å². The van der Waals surface area contributed by atoms with Crippen molar-refractivity contribution in [2.75, 3.05) is 19.7 Å². The molecule has 24 heavy (non-hydrogen) atoms. The van der Waals surface area contributed by atoms with E-state index >= 15 is 0 Å². The van der Waals surface area contributed by atoms with E-state index in [0.717, 1.165) is 16.0 Å². The van der Waals surface area contributed by atoms with Crippen LogP contribution in [0.25, 0.3) is 10.4 Å². The molecule has 0 spiro atoms.